The van der Waals surface area contributed by atoms with E-state index in [-0.39, 0.29) is 5.78 Å². The van der Waals surface area contributed by atoms with Gasteiger partial charge in [0.05, 0.1) is 19.4 Å². The van der Waals surface area contributed by atoms with Gasteiger partial charge in [0.15, 0.2) is 17.3 Å². The fourth-order valence-electron chi connectivity index (χ4n) is 2.66. The SMILES string of the molecule is COc1cc(/C=C/C(=O)c2cccc(-n3cnnn3)c2)ccc1OCCC(C)C. The molecule has 3 aromatic rings. The van der Waals surface area contributed by atoms with E-state index in [0.717, 1.165) is 17.7 Å². The van der Waals surface area contributed by atoms with Gasteiger partial charge < -0.3 is 9.47 Å². The first-order chi connectivity index (χ1) is 14.1. The summed E-state index contributed by atoms with van der Waals surface area (Å²) in [5.74, 6) is 1.81. The van der Waals surface area contributed by atoms with Gasteiger partial charge in [-0.05, 0) is 58.7 Å². The molecule has 0 radical (unpaired) electrons. The number of tetrazole rings is 1. The number of carbonyl (C=O) groups is 1. The number of nitrogens with zero attached hydrogens (tertiary/aromatic N) is 4. The normalized spacial score (nSPS) is 11.2. The number of aromatic nitrogens is 4. The minimum Gasteiger partial charge on any atom is -0.493 e. The van der Waals surface area contributed by atoms with Crippen LogP contribution < -0.4 is 9.47 Å². The van der Waals surface area contributed by atoms with Crippen LogP contribution in [0, 0.1) is 5.92 Å². The van der Waals surface area contributed by atoms with Crippen molar-refractivity contribution in [2.24, 2.45) is 5.92 Å². The minimum atomic E-state index is -0.115. The van der Waals surface area contributed by atoms with Crippen LogP contribution in [-0.2, 0) is 0 Å². The van der Waals surface area contributed by atoms with E-state index >= 15 is 0 Å². The Bertz CT molecular complexity index is 981. The molecule has 1 aromatic heterocycles. The molecule has 0 unspecified atom stereocenters. The molecular formula is C22H24N4O3. The summed E-state index contributed by atoms with van der Waals surface area (Å²) in [6.07, 6.45) is 5.75. The third kappa shape index (κ3) is 5.51. The Morgan fingerprint density at radius 3 is 2.76 bits per heavy atom. The molecule has 0 atom stereocenters. The summed E-state index contributed by atoms with van der Waals surface area (Å²) in [7, 11) is 1.60. The van der Waals surface area contributed by atoms with Crippen molar-refractivity contribution < 1.29 is 14.3 Å². The van der Waals surface area contributed by atoms with E-state index in [1.54, 1.807) is 31.4 Å². The maximum atomic E-state index is 12.6. The lowest BCUT2D eigenvalue weighted by atomic mass is 10.1. The molecule has 0 spiro atoms. The maximum absolute atomic E-state index is 12.6. The molecule has 0 saturated heterocycles. The van der Waals surface area contributed by atoms with Crippen molar-refractivity contribution in [3.05, 3.63) is 66.0 Å². The highest BCUT2D eigenvalue weighted by atomic mass is 16.5. The molecule has 0 amide bonds. The topological polar surface area (TPSA) is 79.1 Å². The van der Waals surface area contributed by atoms with Crippen LogP contribution >= 0.6 is 0 Å². The fourth-order valence-corrected chi connectivity index (χ4v) is 2.66. The molecule has 0 aliphatic heterocycles. The predicted molar refractivity (Wildman–Crippen MR) is 110 cm³/mol. The van der Waals surface area contributed by atoms with Crippen molar-refractivity contribution in [1.82, 2.24) is 20.2 Å². The highest BCUT2D eigenvalue weighted by Crippen LogP contribution is 2.29. The Morgan fingerprint density at radius 2 is 2.03 bits per heavy atom. The van der Waals surface area contributed by atoms with Gasteiger partial charge in [-0.3, -0.25) is 4.79 Å². The zero-order valence-electron chi connectivity index (χ0n) is 16.8. The second-order valence-corrected chi connectivity index (χ2v) is 6.94. The molecule has 29 heavy (non-hydrogen) atoms. The van der Waals surface area contributed by atoms with Crippen LogP contribution in [0.15, 0.2) is 54.9 Å². The second-order valence-electron chi connectivity index (χ2n) is 6.94. The lowest BCUT2D eigenvalue weighted by molar-refractivity contribution is 0.104. The standard InChI is InChI=1S/C22H24N4O3/c1-16(2)11-12-29-21-10-8-17(13-22(21)28-3)7-9-20(27)18-5-4-6-19(14-18)26-15-23-24-25-26/h4-10,13-16H,11-12H2,1-3H3/b9-7+. The zero-order chi connectivity index (χ0) is 20.6. The molecule has 7 heteroatoms. The van der Waals surface area contributed by atoms with E-state index in [4.69, 9.17) is 9.47 Å². The van der Waals surface area contributed by atoms with Crippen molar-refractivity contribution >= 4 is 11.9 Å². The average Bonchev–Trinajstić information content (AvgIpc) is 3.27. The van der Waals surface area contributed by atoms with Gasteiger partial charge in [-0.25, -0.2) is 4.68 Å². The van der Waals surface area contributed by atoms with Crippen molar-refractivity contribution in [2.45, 2.75) is 20.3 Å². The van der Waals surface area contributed by atoms with Crippen LogP contribution in [0.4, 0.5) is 0 Å². The summed E-state index contributed by atoms with van der Waals surface area (Å²) >= 11 is 0. The summed E-state index contributed by atoms with van der Waals surface area (Å²) in [6, 6.07) is 12.7. The van der Waals surface area contributed by atoms with Gasteiger partial charge in [0, 0.05) is 5.56 Å². The number of hydrogen-bond donors (Lipinski definition) is 0. The Hall–Kier alpha value is -3.48. The van der Waals surface area contributed by atoms with E-state index in [0.29, 0.717) is 29.6 Å². The molecule has 0 N–H and O–H groups in total. The molecule has 3 rings (SSSR count). The maximum Gasteiger partial charge on any atom is 0.185 e. The number of hydrogen-bond acceptors (Lipinski definition) is 6. The number of rotatable bonds is 9. The Morgan fingerprint density at radius 1 is 1.17 bits per heavy atom. The largest absolute Gasteiger partial charge is 0.493 e. The van der Waals surface area contributed by atoms with Gasteiger partial charge in [-0.2, -0.15) is 0 Å². The van der Waals surface area contributed by atoms with E-state index in [1.807, 2.05) is 24.3 Å². The third-order valence-corrected chi connectivity index (χ3v) is 4.31. The summed E-state index contributed by atoms with van der Waals surface area (Å²) in [5, 5.41) is 11.1. The van der Waals surface area contributed by atoms with Crippen molar-refractivity contribution in [2.75, 3.05) is 13.7 Å². The molecule has 0 saturated carbocycles. The van der Waals surface area contributed by atoms with Gasteiger partial charge in [-0.15, -0.1) is 5.10 Å². The molecule has 0 aliphatic carbocycles. The molecule has 0 bridgehead atoms. The molecule has 7 nitrogen and oxygen atoms in total. The van der Waals surface area contributed by atoms with Crippen LogP contribution in [0.5, 0.6) is 11.5 Å². The molecule has 2 aromatic carbocycles. The van der Waals surface area contributed by atoms with Gasteiger partial charge in [-0.1, -0.05) is 38.1 Å². The molecular weight excluding hydrogens is 368 g/mol. The Labute approximate surface area is 170 Å². The molecule has 0 fully saturated rings. The lowest BCUT2D eigenvalue weighted by Crippen LogP contribution is -2.02. The van der Waals surface area contributed by atoms with Crippen molar-refractivity contribution in [3.63, 3.8) is 0 Å². The van der Waals surface area contributed by atoms with Crippen molar-refractivity contribution in [1.29, 1.82) is 0 Å². The average molecular weight is 392 g/mol. The molecule has 0 aliphatic rings. The van der Waals surface area contributed by atoms with E-state index in [2.05, 4.69) is 29.4 Å². The minimum absolute atomic E-state index is 0.115. The molecule has 150 valence electrons. The Kier molecular flexibility index (Phi) is 6.73. The highest BCUT2D eigenvalue weighted by Gasteiger charge is 2.07. The summed E-state index contributed by atoms with van der Waals surface area (Å²) in [4.78, 5) is 12.6. The third-order valence-electron chi connectivity index (χ3n) is 4.31. The van der Waals surface area contributed by atoms with Gasteiger partial charge in [0.2, 0.25) is 0 Å². The summed E-state index contributed by atoms with van der Waals surface area (Å²) in [5.41, 5.74) is 2.12. The summed E-state index contributed by atoms with van der Waals surface area (Å²) in [6.45, 7) is 4.95. The van der Waals surface area contributed by atoms with Crippen LogP contribution in [-0.4, -0.2) is 39.7 Å². The van der Waals surface area contributed by atoms with Crippen LogP contribution in [0.25, 0.3) is 11.8 Å². The number of ether oxygens (including phenoxy) is 2. The van der Waals surface area contributed by atoms with E-state index < -0.39 is 0 Å². The summed E-state index contributed by atoms with van der Waals surface area (Å²) < 4.78 is 12.7. The number of benzene rings is 2. The van der Waals surface area contributed by atoms with Gasteiger partial charge in [0.25, 0.3) is 0 Å². The lowest BCUT2D eigenvalue weighted by Gasteiger charge is -2.12. The Balaban J connectivity index is 1.70. The van der Waals surface area contributed by atoms with E-state index in [9.17, 15) is 4.79 Å². The zero-order valence-corrected chi connectivity index (χ0v) is 16.8. The number of carbonyl (C=O) groups excluding carboxylic acids is 1. The van der Waals surface area contributed by atoms with E-state index in [1.165, 1.54) is 17.1 Å². The van der Waals surface area contributed by atoms with Crippen molar-refractivity contribution in [3.8, 4) is 17.2 Å². The first-order valence-corrected chi connectivity index (χ1v) is 9.43. The number of ketones is 1. The fraction of sp³-hybridized carbons (Fsp3) is 0.273. The number of allylic oxidation sites excluding steroid dienone is 1. The smallest absolute Gasteiger partial charge is 0.185 e. The van der Waals surface area contributed by atoms with Crippen LogP contribution in [0.3, 0.4) is 0 Å². The highest BCUT2D eigenvalue weighted by molar-refractivity contribution is 6.07. The number of methoxy groups -OCH3 is 1. The predicted octanol–water partition coefficient (Wildman–Crippen LogP) is 3.99. The quantitative estimate of drug-likeness (QED) is 0.405. The van der Waals surface area contributed by atoms with Gasteiger partial charge >= 0.3 is 0 Å². The van der Waals surface area contributed by atoms with Crippen LogP contribution in [0.1, 0.15) is 36.2 Å². The van der Waals surface area contributed by atoms with Crippen LogP contribution in [0.2, 0.25) is 0 Å². The molecule has 1 heterocycles. The second kappa shape index (κ2) is 9.64. The first kappa shape index (κ1) is 20.3. The van der Waals surface area contributed by atoms with Gasteiger partial charge in [0.1, 0.15) is 6.33 Å². The monoisotopic (exact) mass is 392 g/mol. The first-order valence-electron chi connectivity index (χ1n) is 9.43.